The second kappa shape index (κ2) is 15.9. The number of nitrogens with zero attached hydrogens (tertiary/aromatic N) is 2. The summed E-state index contributed by atoms with van der Waals surface area (Å²) in [7, 11) is 0. The quantitative estimate of drug-likeness (QED) is 0.147. The van der Waals surface area contributed by atoms with E-state index in [-0.39, 0.29) is 5.92 Å². The average molecular weight is 893 g/mol. The SMILES string of the molecule is Cc1ccccc1-c1cccc(-c2cccc(-n3c4ccccc4c4cc(C5=CCC(c6ccc7c(c6)c6ccccc6n7-c6ccc7c8ccccc8c8ccccc8c7c6)C=C5)ccc43)c2)c1C. The normalized spacial score (nSPS) is 14.0. The van der Waals surface area contributed by atoms with E-state index < -0.39 is 0 Å². The van der Waals surface area contributed by atoms with Crippen molar-refractivity contribution in [3.8, 4) is 33.6 Å². The molecule has 330 valence electrons. The van der Waals surface area contributed by atoms with Gasteiger partial charge in [-0.25, -0.2) is 0 Å². The Morgan fingerprint density at radius 2 is 0.900 bits per heavy atom. The van der Waals surface area contributed by atoms with E-state index in [2.05, 4.69) is 260 Å². The molecule has 0 aliphatic heterocycles. The molecule has 0 N–H and O–H groups in total. The van der Waals surface area contributed by atoms with Crippen LogP contribution in [0, 0.1) is 13.8 Å². The Hall–Kier alpha value is -8.72. The van der Waals surface area contributed by atoms with Crippen LogP contribution in [0.4, 0.5) is 0 Å². The third-order valence-electron chi connectivity index (χ3n) is 15.4. The fraction of sp³-hybridized carbons (Fsp3) is 0.0588. The molecule has 1 aliphatic rings. The van der Waals surface area contributed by atoms with Gasteiger partial charge in [0.05, 0.1) is 22.1 Å². The van der Waals surface area contributed by atoms with Crippen molar-refractivity contribution in [2.75, 3.05) is 0 Å². The summed E-state index contributed by atoms with van der Waals surface area (Å²) in [6, 6.07) is 81.1. The van der Waals surface area contributed by atoms with Gasteiger partial charge in [0, 0.05) is 38.8 Å². The number of benzene rings is 11. The van der Waals surface area contributed by atoms with E-state index in [1.54, 1.807) is 0 Å². The number of allylic oxidation sites excluding steroid dienone is 4. The summed E-state index contributed by atoms with van der Waals surface area (Å²) in [5, 5.41) is 12.9. The smallest absolute Gasteiger partial charge is 0.0541 e. The van der Waals surface area contributed by atoms with Crippen LogP contribution in [0.3, 0.4) is 0 Å². The molecule has 0 saturated carbocycles. The lowest BCUT2D eigenvalue weighted by molar-refractivity contribution is 0.858. The van der Waals surface area contributed by atoms with Crippen LogP contribution < -0.4 is 0 Å². The van der Waals surface area contributed by atoms with Gasteiger partial charge in [0.1, 0.15) is 0 Å². The highest BCUT2D eigenvalue weighted by atomic mass is 15.0. The van der Waals surface area contributed by atoms with Crippen LogP contribution in [0.2, 0.25) is 0 Å². The molecule has 1 aliphatic carbocycles. The van der Waals surface area contributed by atoms with E-state index >= 15 is 0 Å². The molecule has 1 atom stereocenters. The van der Waals surface area contributed by atoms with Crippen molar-refractivity contribution in [2.24, 2.45) is 0 Å². The minimum absolute atomic E-state index is 0.287. The Kier molecular flexibility index (Phi) is 9.19. The Balaban J connectivity index is 0.794. The van der Waals surface area contributed by atoms with Crippen molar-refractivity contribution in [3.63, 3.8) is 0 Å². The second-order valence-corrected chi connectivity index (χ2v) is 19.2. The van der Waals surface area contributed by atoms with Crippen LogP contribution in [-0.4, -0.2) is 9.13 Å². The maximum Gasteiger partial charge on any atom is 0.0541 e. The minimum atomic E-state index is 0.287. The lowest BCUT2D eigenvalue weighted by Crippen LogP contribution is -1.99. The molecule has 14 rings (SSSR count). The van der Waals surface area contributed by atoms with Crippen molar-refractivity contribution >= 4 is 81.5 Å². The third kappa shape index (κ3) is 6.26. The largest absolute Gasteiger partial charge is 0.309 e. The molecule has 2 aromatic heterocycles. The van der Waals surface area contributed by atoms with Crippen molar-refractivity contribution < 1.29 is 0 Å². The summed E-state index contributed by atoms with van der Waals surface area (Å²) >= 11 is 0. The van der Waals surface area contributed by atoms with Crippen LogP contribution in [0.1, 0.15) is 34.6 Å². The van der Waals surface area contributed by atoms with E-state index in [1.165, 1.54) is 132 Å². The van der Waals surface area contributed by atoms with Gasteiger partial charge in [0.2, 0.25) is 0 Å². The molecule has 0 amide bonds. The van der Waals surface area contributed by atoms with Gasteiger partial charge in [0.15, 0.2) is 0 Å². The Labute approximate surface area is 407 Å². The van der Waals surface area contributed by atoms with Crippen LogP contribution in [0.5, 0.6) is 0 Å². The number of rotatable bonds is 6. The summed E-state index contributed by atoms with van der Waals surface area (Å²) in [6.07, 6.45) is 8.16. The van der Waals surface area contributed by atoms with Crippen molar-refractivity contribution in [2.45, 2.75) is 26.2 Å². The zero-order valence-electron chi connectivity index (χ0n) is 39.2. The molecule has 2 heteroatoms. The Bertz CT molecular complexity index is 4330. The van der Waals surface area contributed by atoms with E-state index in [1.807, 2.05) is 0 Å². The first-order valence-corrected chi connectivity index (χ1v) is 24.6. The van der Waals surface area contributed by atoms with Crippen LogP contribution >= 0.6 is 0 Å². The average Bonchev–Trinajstić information content (AvgIpc) is 3.93. The minimum Gasteiger partial charge on any atom is -0.309 e. The predicted octanol–water partition coefficient (Wildman–Crippen LogP) is 18.4. The van der Waals surface area contributed by atoms with Crippen molar-refractivity contribution in [1.29, 1.82) is 0 Å². The topological polar surface area (TPSA) is 9.86 Å². The van der Waals surface area contributed by atoms with E-state index in [9.17, 15) is 0 Å². The summed E-state index contributed by atoms with van der Waals surface area (Å²) in [5.41, 5.74) is 18.7. The van der Waals surface area contributed by atoms with E-state index in [0.717, 1.165) is 12.1 Å². The van der Waals surface area contributed by atoms with Gasteiger partial charge in [-0.1, -0.05) is 176 Å². The van der Waals surface area contributed by atoms with E-state index in [0.29, 0.717) is 0 Å². The lowest BCUT2D eigenvalue weighted by Gasteiger charge is -2.18. The first-order chi connectivity index (χ1) is 34.6. The summed E-state index contributed by atoms with van der Waals surface area (Å²) < 4.78 is 4.90. The molecule has 2 nitrogen and oxygen atoms in total. The van der Waals surface area contributed by atoms with E-state index in [4.69, 9.17) is 0 Å². The summed E-state index contributed by atoms with van der Waals surface area (Å²) in [6.45, 7) is 4.46. The molecular weight excluding hydrogens is 845 g/mol. The fourth-order valence-electron chi connectivity index (χ4n) is 12.0. The van der Waals surface area contributed by atoms with Crippen molar-refractivity contribution in [1.82, 2.24) is 9.13 Å². The van der Waals surface area contributed by atoms with Crippen LogP contribution in [0.25, 0.3) is 115 Å². The number of aryl methyl sites for hydroxylation is 1. The molecule has 11 aromatic carbocycles. The second-order valence-electron chi connectivity index (χ2n) is 19.2. The maximum atomic E-state index is 2.46. The van der Waals surface area contributed by atoms with Gasteiger partial charge in [-0.05, 0) is 163 Å². The molecule has 0 radical (unpaired) electrons. The molecule has 0 fully saturated rings. The highest BCUT2D eigenvalue weighted by Gasteiger charge is 2.20. The van der Waals surface area contributed by atoms with Gasteiger partial charge in [-0.3, -0.25) is 0 Å². The number of para-hydroxylation sites is 2. The molecule has 13 aromatic rings. The Morgan fingerprint density at radius 3 is 1.59 bits per heavy atom. The maximum absolute atomic E-state index is 2.46. The van der Waals surface area contributed by atoms with Gasteiger partial charge < -0.3 is 9.13 Å². The molecule has 70 heavy (non-hydrogen) atoms. The fourth-order valence-corrected chi connectivity index (χ4v) is 12.0. The Morgan fingerprint density at radius 1 is 0.357 bits per heavy atom. The first-order valence-electron chi connectivity index (χ1n) is 24.6. The predicted molar refractivity (Wildman–Crippen MR) is 299 cm³/mol. The highest BCUT2D eigenvalue weighted by Crippen LogP contribution is 2.42. The number of hydrogen-bond donors (Lipinski definition) is 0. The standard InChI is InChI=1S/C68H48N2/c1-43-15-3-4-18-52(43)54-26-14-25-53(44(54)2)49-16-13-17-50(39-49)69-65-27-11-9-23-60(65)63-40-47(33-37-67(63)69)45-29-31-46(32-30-45)48-34-38-68-64(41-48)61-24-10-12-28-66(61)70(68)51-35-36-59-57-21-6-5-19-55(57)56-20-7-8-22-58(56)62(59)42-51/h3-31,33-42,46H,32H2,1-2H3. The zero-order valence-corrected chi connectivity index (χ0v) is 39.2. The van der Waals surface area contributed by atoms with Crippen molar-refractivity contribution in [3.05, 3.63) is 259 Å². The monoisotopic (exact) mass is 892 g/mol. The summed E-state index contributed by atoms with van der Waals surface area (Å²) in [4.78, 5) is 0. The molecule has 0 bridgehead atoms. The van der Waals surface area contributed by atoms with Gasteiger partial charge in [-0.2, -0.15) is 0 Å². The molecule has 0 saturated heterocycles. The molecule has 1 unspecified atom stereocenters. The van der Waals surface area contributed by atoms with Gasteiger partial charge in [-0.15, -0.1) is 0 Å². The van der Waals surface area contributed by atoms with Crippen LogP contribution in [0.15, 0.2) is 237 Å². The third-order valence-corrected chi connectivity index (χ3v) is 15.4. The zero-order chi connectivity index (χ0) is 46.5. The number of aromatic nitrogens is 2. The van der Waals surface area contributed by atoms with Gasteiger partial charge in [0.25, 0.3) is 0 Å². The first kappa shape index (κ1) is 40.4. The summed E-state index contributed by atoms with van der Waals surface area (Å²) in [5.74, 6) is 0.287. The number of fused-ring (bicyclic) bond motifs is 12. The molecule has 2 heterocycles. The molecule has 0 spiro atoms. The van der Waals surface area contributed by atoms with Gasteiger partial charge >= 0.3 is 0 Å². The highest BCUT2D eigenvalue weighted by molar-refractivity contribution is 6.25. The lowest BCUT2D eigenvalue weighted by atomic mass is 9.87. The number of hydrogen-bond acceptors (Lipinski definition) is 0. The molecular formula is C68H48N2. The van der Waals surface area contributed by atoms with Crippen LogP contribution in [-0.2, 0) is 0 Å².